The second kappa shape index (κ2) is 48.0. The molecule has 4 rings (SSSR count). The Hall–Kier alpha value is -1.94. The van der Waals surface area contributed by atoms with E-state index in [0.717, 1.165) is 64.7 Å². The Balaban J connectivity index is 1.40. The lowest BCUT2D eigenvalue weighted by atomic mass is 9.95. The summed E-state index contributed by atoms with van der Waals surface area (Å²) in [4.78, 5) is 26.3. The molecule has 0 saturated carbocycles. The Morgan fingerprint density at radius 3 is 1.29 bits per heavy atom. The van der Waals surface area contributed by atoms with Crippen LogP contribution in [0.1, 0.15) is 246 Å². The zero-order chi connectivity index (χ0) is 69.0. The van der Waals surface area contributed by atoms with Crippen LogP contribution in [-0.4, -0.2) is 257 Å². The molecule has 0 aromatic rings. The van der Waals surface area contributed by atoms with Crippen molar-refractivity contribution in [1.82, 2.24) is 10.6 Å². The van der Waals surface area contributed by atoms with Crippen LogP contribution in [0.4, 0.5) is 0 Å². The van der Waals surface area contributed by atoms with Gasteiger partial charge in [0, 0.05) is 6.92 Å². The maximum absolute atomic E-state index is 13.7. The third kappa shape index (κ3) is 29.3. The Morgan fingerprint density at radius 2 is 0.819 bits per heavy atom. The van der Waals surface area contributed by atoms with Crippen molar-refractivity contribution >= 4 is 11.8 Å². The molecule has 0 aliphatic carbocycles. The van der Waals surface area contributed by atoms with Crippen molar-refractivity contribution in [3.63, 3.8) is 0 Å². The van der Waals surface area contributed by atoms with Gasteiger partial charge >= 0.3 is 0 Å². The van der Waals surface area contributed by atoms with Crippen LogP contribution < -0.4 is 10.6 Å². The molecule has 94 heavy (non-hydrogen) atoms. The summed E-state index contributed by atoms with van der Waals surface area (Å²) in [5.74, 6) is -1.55. The third-order valence-corrected chi connectivity index (χ3v) is 19.1. The van der Waals surface area contributed by atoms with Crippen LogP contribution in [-0.2, 0) is 47.5 Å². The molecule has 16 N–H and O–H groups in total. The molecule has 4 aliphatic heterocycles. The van der Waals surface area contributed by atoms with Gasteiger partial charge in [-0.15, -0.1) is 0 Å². The fourth-order valence-electron chi connectivity index (χ4n) is 12.9. The normalized spacial score (nSPS) is 32.8. The fourth-order valence-corrected chi connectivity index (χ4v) is 12.9. The number of carbonyl (C=O) groups is 2. The van der Waals surface area contributed by atoms with Gasteiger partial charge < -0.3 is 120 Å². The van der Waals surface area contributed by atoms with E-state index in [1.807, 2.05) is 0 Å². The number of hydrogen-bond donors (Lipinski definition) is 16. The van der Waals surface area contributed by atoms with Crippen LogP contribution in [0.3, 0.4) is 0 Å². The number of ether oxygens (including phenoxy) is 8. The van der Waals surface area contributed by atoms with E-state index in [-0.39, 0.29) is 12.8 Å². The maximum Gasteiger partial charge on any atom is 0.249 e. The molecule has 26 nitrogen and oxygen atoms in total. The standard InChI is InChI=1S/C68H128N2O24/c1-5-7-9-11-13-15-17-19-21-22-23-24-26-28-30-32-34-36-38-47(75)64(86)70-45(53(77)46(74)37-35-33-31-29-27-25-20-18-16-14-12-10-8-6-2)41-87-68-63(59(83)54(78)48(39-71)91-68)94-67-61(85)58(82)55(79)50(92-67)42-88-65-51(69-44(4)73)62(56(80)49(40-72)90-65)93-66-60(84)57(81)52(76)43(3)89-66/h43,45-63,65-68,71-72,74-85H,5-42H2,1-4H3,(H,69,73)(H,70,86)/t43-,45-,46+,47+,48+,49+,50+,51+,52-,53-,54-,55-,56-,57+,58-,59-,60+,61+,62+,63+,65+,66-,67+,68-/m0/s1. The monoisotopic (exact) mass is 1360 g/mol. The molecule has 4 fully saturated rings. The lowest BCUT2D eigenvalue weighted by molar-refractivity contribution is -0.373. The Labute approximate surface area is 559 Å². The first-order valence-electron chi connectivity index (χ1n) is 36.3. The minimum absolute atomic E-state index is 0.124. The lowest BCUT2D eigenvalue weighted by Gasteiger charge is -2.48. The van der Waals surface area contributed by atoms with E-state index in [4.69, 9.17) is 37.9 Å². The van der Waals surface area contributed by atoms with Crippen LogP contribution in [0.25, 0.3) is 0 Å². The van der Waals surface area contributed by atoms with Gasteiger partial charge in [0.1, 0.15) is 104 Å². The van der Waals surface area contributed by atoms with Crippen LogP contribution >= 0.6 is 0 Å². The first-order valence-corrected chi connectivity index (χ1v) is 36.3. The number of aliphatic hydroxyl groups excluding tert-OH is 14. The van der Waals surface area contributed by atoms with Crippen molar-refractivity contribution in [3.8, 4) is 0 Å². The molecule has 4 saturated heterocycles. The van der Waals surface area contributed by atoms with Crippen molar-refractivity contribution in [1.29, 1.82) is 0 Å². The van der Waals surface area contributed by atoms with E-state index in [2.05, 4.69) is 24.5 Å². The number of nitrogens with one attached hydrogen (secondary N) is 2. The molecule has 0 aromatic heterocycles. The highest BCUT2D eigenvalue weighted by molar-refractivity contribution is 5.80. The molecule has 4 aliphatic rings. The Bertz CT molecular complexity index is 1940. The number of amides is 2. The molecule has 0 unspecified atom stereocenters. The van der Waals surface area contributed by atoms with Gasteiger partial charge in [0.05, 0.1) is 44.7 Å². The predicted octanol–water partition coefficient (Wildman–Crippen LogP) is 3.32. The van der Waals surface area contributed by atoms with Gasteiger partial charge in [-0.1, -0.05) is 219 Å². The van der Waals surface area contributed by atoms with Gasteiger partial charge in [-0.2, -0.15) is 0 Å². The number of aliphatic hydroxyl groups is 14. The van der Waals surface area contributed by atoms with Crippen molar-refractivity contribution in [2.45, 2.75) is 393 Å². The highest BCUT2D eigenvalue weighted by Gasteiger charge is 2.54. The van der Waals surface area contributed by atoms with E-state index >= 15 is 0 Å². The minimum Gasteiger partial charge on any atom is -0.394 e. The van der Waals surface area contributed by atoms with Crippen LogP contribution in [0.2, 0.25) is 0 Å². The smallest absolute Gasteiger partial charge is 0.249 e. The maximum atomic E-state index is 13.7. The molecule has 26 heteroatoms. The average molecular weight is 1360 g/mol. The summed E-state index contributed by atoms with van der Waals surface area (Å²) in [5, 5.41) is 159. The van der Waals surface area contributed by atoms with E-state index in [0.29, 0.717) is 12.8 Å². The average Bonchev–Trinajstić information content (AvgIpc) is 0.799. The quantitative estimate of drug-likeness (QED) is 0.0388. The summed E-state index contributed by atoms with van der Waals surface area (Å²) in [6.07, 6.45) is -0.599. The minimum atomic E-state index is -2.10. The highest BCUT2D eigenvalue weighted by atomic mass is 16.8. The lowest BCUT2D eigenvalue weighted by Crippen LogP contribution is -2.68. The number of rotatable bonds is 51. The molecule has 0 aromatic carbocycles. The molecule has 2 amide bonds. The molecule has 0 radical (unpaired) electrons. The van der Waals surface area contributed by atoms with Gasteiger partial charge in [-0.3, -0.25) is 9.59 Å². The van der Waals surface area contributed by atoms with Gasteiger partial charge in [0.25, 0.3) is 0 Å². The van der Waals surface area contributed by atoms with Crippen molar-refractivity contribution in [3.05, 3.63) is 0 Å². The van der Waals surface area contributed by atoms with E-state index in [9.17, 15) is 81.1 Å². The molecular formula is C68H128N2O24. The number of unbranched alkanes of at least 4 members (excludes halogenated alkanes) is 30. The van der Waals surface area contributed by atoms with Crippen molar-refractivity contribution in [2.75, 3.05) is 26.4 Å². The van der Waals surface area contributed by atoms with Gasteiger partial charge in [-0.05, 0) is 19.8 Å². The Morgan fingerprint density at radius 1 is 0.426 bits per heavy atom. The summed E-state index contributed by atoms with van der Waals surface area (Å²) in [6.45, 7) is 3.80. The first kappa shape index (κ1) is 84.5. The fraction of sp³-hybridized carbons (Fsp3) is 0.971. The van der Waals surface area contributed by atoms with E-state index < -0.39 is 185 Å². The van der Waals surface area contributed by atoms with Crippen LogP contribution in [0, 0.1) is 0 Å². The third-order valence-electron chi connectivity index (χ3n) is 19.1. The van der Waals surface area contributed by atoms with Crippen molar-refractivity contribution in [2.24, 2.45) is 0 Å². The molecule has 0 bridgehead atoms. The Kier molecular flexibility index (Phi) is 43.1. The molecular weight excluding hydrogens is 1230 g/mol. The highest BCUT2D eigenvalue weighted by Crippen LogP contribution is 2.34. The summed E-state index contributed by atoms with van der Waals surface area (Å²) in [6, 6.07) is -2.93. The van der Waals surface area contributed by atoms with E-state index in [1.54, 1.807) is 0 Å². The predicted molar refractivity (Wildman–Crippen MR) is 346 cm³/mol. The number of hydrogen-bond acceptors (Lipinski definition) is 24. The zero-order valence-corrected chi connectivity index (χ0v) is 57.1. The second-order valence-electron chi connectivity index (χ2n) is 27.1. The van der Waals surface area contributed by atoms with Gasteiger partial charge in [-0.25, -0.2) is 0 Å². The SMILES string of the molecule is CCCCCCCCCCCCCCCCCCCC[C@@H](O)C(=O)N[C@@H](CO[C@H]1O[C@H](CO)[C@H](O)[C@H](O)[C@H]1O[C@H]1O[C@H](CO[C@@H]2O[C@H](CO)[C@H](O)[C@H](O[C@@H]3O[C@@H](C)[C@H](O)[C@@H](O)[C@H]3O)[C@H]2NC(C)=O)[C@H](O)[C@H](O)[C@H]1O)[C@H](O)[C@H](O)CCCCCCCCCCCCCCCC. The summed E-state index contributed by atoms with van der Waals surface area (Å²) < 4.78 is 47.2. The summed E-state index contributed by atoms with van der Waals surface area (Å²) in [7, 11) is 0. The molecule has 4 heterocycles. The first-order chi connectivity index (χ1) is 45.2. The largest absolute Gasteiger partial charge is 0.394 e. The van der Waals surface area contributed by atoms with Gasteiger partial charge in [0.15, 0.2) is 25.2 Å². The topological polar surface area (TPSA) is 415 Å². The van der Waals surface area contributed by atoms with Gasteiger partial charge in [0.2, 0.25) is 11.8 Å². The molecule has 0 spiro atoms. The van der Waals surface area contributed by atoms with E-state index in [1.165, 1.54) is 142 Å². The van der Waals surface area contributed by atoms with Crippen LogP contribution in [0.15, 0.2) is 0 Å². The van der Waals surface area contributed by atoms with Crippen LogP contribution in [0.5, 0.6) is 0 Å². The molecule has 24 atom stereocenters. The zero-order valence-electron chi connectivity index (χ0n) is 57.1. The summed E-state index contributed by atoms with van der Waals surface area (Å²) >= 11 is 0. The van der Waals surface area contributed by atoms with Crippen molar-refractivity contribution < 1.29 is 119 Å². The summed E-state index contributed by atoms with van der Waals surface area (Å²) in [5.41, 5.74) is 0. The number of carbonyl (C=O) groups excluding carboxylic acids is 2. The second-order valence-corrected chi connectivity index (χ2v) is 27.1. The molecule has 554 valence electrons.